The Morgan fingerprint density at radius 2 is 2.25 bits per heavy atom. The largest absolute Gasteiger partial charge is 0.495 e. The van der Waals surface area contributed by atoms with Crippen molar-refractivity contribution in [1.29, 1.82) is 0 Å². The van der Waals surface area contributed by atoms with Crippen molar-refractivity contribution >= 4 is 17.5 Å². The summed E-state index contributed by atoms with van der Waals surface area (Å²) in [4.78, 5) is 30.0. The number of para-hydroxylation sites is 2. The zero-order chi connectivity index (χ0) is 16.9. The molecule has 0 spiro atoms. The molecule has 2 amide bonds. The third-order valence-corrected chi connectivity index (χ3v) is 4.02. The summed E-state index contributed by atoms with van der Waals surface area (Å²) >= 11 is 0. The highest BCUT2D eigenvalue weighted by Gasteiger charge is 2.32. The SMILES string of the molecule is COc1ccccc1N1C[C@H](NC(=O)CCn2ccnc2)CC1=O. The fraction of sp³-hybridized carbons (Fsp3) is 0.353. The number of carbonyl (C=O) groups excluding carboxylic acids is 2. The number of hydrogen-bond donors (Lipinski definition) is 1. The number of rotatable bonds is 6. The minimum absolute atomic E-state index is 0.0144. The molecule has 0 aliphatic carbocycles. The number of hydrogen-bond acceptors (Lipinski definition) is 4. The van der Waals surface area contributed by atoms with Crippen molar-refractivity contribution in [3.63, 3.8) is 0 Å². The number of nitrogens with zero attached hydrogens (tertiary/aromatic N) is 3. The zero-order valence-electron chi connectivity index (χ0n) is 13.5. The van der Waals surface area contributed by atoms with Crippen LogP contribution >= 0.6 is 0 Å². The van der Waals surface area contributed by atoms with Crippen molar-refractivity contribution in [2.24, 2.45) is 0 Å². The lowest BCUT2D eigenvalue weighted by Crippen LogP contribution is -2.37. The molecule has 1 aliphatic rings. The summed E-state index contributed by atoms with van der Waals surface area (Å²) < 4.78 is 7.16. The summed E-state index contributed by atoms with van der Waals surface area (Å²) in [5, 5.41) is 2.93. The number of imidazole rings is 1. The second-order valence-electron chi connectivity index (χ2n) is 5.70. The van der Waals surface area contributed by atoms with Gasteiger partial charge in [-0.25, -0.2) is 4.98 Å². The lowest BCUT2D eigenvalue weighted by atomic mass is 10.2. The van der Waals surface area contributed by atoms with Gasteiger partial charge in [0, 0.05) is 38.3 Å². The van der Waals surface area contributed by atoms with Crippen LogP contribution in [0.1, 0.15) is 12.8 Å². The van der Waals surface area contributed by atoms with E-state index in [0.717, 1.165) is 5.69 Å². The predicted molar refractivity (Wildman–Crippen MR) is 88.7 cm³/mol. The molecule has 1 atom stereocenters. The van der Waals surface area contributed by atoms with Gasteiger partial charge in [0.05, 0.1) is 25.2 Å². The first-order chi connectivity index (χ1) is 11.7. The zero-order valence-corrected chi connectivity index (χ0v) is 13.5. The van der Waals surface area contributed by atoms with E-state index in [-0.39, 0.29) is 17.9 Å². The molecule has 0 bridgehead atoms. The van der Waals surface area contributed by atoms with Gasteiger partial charge < -0.3 is 19.5 Å². The van der Waals surface area contributed by atoms with Gasteiger partial charge in [0.2, 0.25) is 11.8 Å². The molecule has 1 aromatic carbocycles. The molecule has 1 aliphatic heterocycles. The minimum Gasteiger partial charge on any atom is -0.495 e. The highest BCUT2D eigenvalue weighted by molar-refractivity contribution is 5.98. The first kappa shape index (κ1) is 16.0. The number of nitrogens with one attached hydrogen (secondary N) is 1. The van der Waals surface area contributed by atoms with Crippen LogP contribution in [0.5, 0.6) is 5.75 Å². The summed E-state index contributed by atoms with van der Waals surface area (Å²) in [7, 11) is 1.58. The smallest absolute Gasteiger partial charge is 0.229 e. The van der Waals surface area contributed by atoms with Crippen LogP contribution in [0.2, 0.25) is 0 Å². The van der Waals surface area contributed by atoms with Gasteiger partial charge in [-0.15, -0.1) is 0 Å². The Kier molecular flexibility index (Phi) is 4.79. The van der Waals surface area contributed by atoms with Crippen LogP contribution in [-0.4, -0.2) is 41.1 Å². The van der Waals surface area contributed by atoms with E-state index in [2.05, 4.69) is 10.3 Å². The molecule has 7 heteroatoms. The number of methoxy groups -OCH3 is 1. The number of amides is 2. The van der Waals surface area contributed by atoms with Crippen LogP contribution in [0.25, 0.3) is 0 Å². The summed E-state index contributed by atoms with van der Waals surface area (Å²) in [5.74, 6) is 0.570. The Morgan fingerprint density at radius 1 is 1.42 bits per heavy atom. The van der Waals surface area contributed by atoms with Gasteiger partial charge in [0.1, 0.15) is 5.75 Å². The number of anilines is 1. The Labute approximate surface area is 140 Å². The van der Waals surface area contributed by atoms with Gasteiger partial charge in [0.15, 0.2) is 0 Å². The van der Waals surface area contributed by atoms with Crippen molar-refractivity contribution in [3.05, 3.63) is 43.0 Å². The van der Waals surface area contributed by atoms with Crippen LogP contribution in [0.15, 0.2) is 43.0 Å². The number of aryl methyl sites for hydroxylation is 1. The summed E-state index contributed by atoms with van der Waals surface area (Å²) in [5.41, 5.74) is 0.736. The number of ether oxygens (including phenoxy) is 1. The van der Waals surface area contributed by atoms with Crippen molar-refractivity contribution < 1.29 is 14.3 Å². The molecule has 1 fully saturated rings. The monoisotopic (exact) mass is 328 g/mol. The quantitative estimate of drug-likeness (QED) is 0.864. The van der Waals surface area contributed by atoms with Gasteiger partial charge in [-0.2, -0.15) is 0 Å². The molecule has 126 valence electrons. The van der Waals surface area contributed by atoms with E-state index in [4.69, 9.17) is 4.74 Å². The van der Waals surface area contributed by atoms with Crippen LogP contribution in [-0.2, 0) is 16.1 Å². The molecule has 0 radical (unpaired) electrons. The molecule has 24 heavy (non-hydrogen) atoms. The maximum absolute atomic E-state index is 12.3. The van der Waals surface area contributed by atoms with E-state index in [1.165, 1.54) is 0 Å². The average Bonchev–Trinajstić information content (AvgIpc) is 3.22. The maximum atomic E-state index is 12.3. The van der Waals surface area contributed by atoms with Crippen molar-refractivity contribution in [3.8, 4) is 5.75 Å². The van der Waals surface area contributed by atoms with Crippen molar-refractivity contribution in [2.75, 3.05) is 18.6 Å². The molecule has 0 saturated carbocycles. The second kappa shape index (κ2) is 7.16. The Hall–Kier alpha value is -2.83. The van der Waals surface area contributed by atoms with Crippen molar-refractivity contribution in [1.82, 2.24) is 14.9 Å². The molecular formula is C17H20N4O3. The fourth-order valence-corrected chi connectivity index (χ4v) is 2.84. The number of aromatic nitrogens is 2. The van der Waals surface area contributed by atoms with E-state index in [9.17, 15) is 9.59 Å². The first-order valence-electron chi connectivity index (χ1n) is 7.86. The lowest BCUT2D eigenvalue weighted by molar-refractivity contribution is -0.122. The molecule has 0 unspecified atom stereocenters. The normalized spacial score (nSPS) is 17.1. The number of benzene rings is 1. The van der Waals surface area contributed by atoms with Crippen LogP contribution in [0.3, 0.4) is 0 Å². The molecule has 2 aromatic rings. The van der Waals surface area contributed by atoms with Gasteiger partial charge in [0.25, 0.3) is 0 Å². The van der Waals surface area contributed by atoms with Crippen molar-refractivity contribution in [2.45, 2.75) is 25.4 Å². The summed E-state index contributed by atoms with van der Waals surface area (Å²) in [6.07, 6.45) is 5.83. The first-order valence-corrected chi connectivity index (χ1v) is 7.86. The van der Waals surface area contributed by atoms with Gasteiger partial charge in [-0.05, 0) is 12.1 Å². The average molecular weight is 328 g/mol. The van der Waals surface area contributed by atoms with Crippen LogP contribution < -0.4 is 15.0 Å². The minimum atomic E-state index is -0.183. The Morgan fingerprint density at radius 3 is 3.00 bits per heavy atom. The third kappa shape index (κ3) is 3.56. The van der Waals surface area contributed by atoms with Gasteiger partial charge >= 0.3 is 0 Å². The highest BCUT2D eigenvalue weighted by atomic mass is 16.5. The van der Waals surface area contributed by atoms with E-state index in [1.54, 1.807) is 24.5 Å². The van der Waals surface area contributed by atoms with Gasteiger partial charge in [-0.1, -0.05) is 12.1 Å². The number of carbonyl (C=O) groups is 2. The van der Waals surface area contributed by atoms with E-state index in [1.807, 2.05) is 35.0 Å². The standard InChI is InChI=1S/C17H20N4O3/c1-24-15-5-3-2-4-14(15)21-11-13(10-17(21)23)19-16(22)6-8-20-9-7-18-12-20/h2-5,7,9,12-13H,6,8,10-11H2,1H3,(H,19,22)/t13-/m1/s1. The van der Waals surface area contributed by atoms with E-state index in [0.29, 0.717) is 31.7 Å². The molecule has 3 rings (SSSR count). The van der Waals surface area contributed by atoms with E-state index >= 15 is 0 Å². The molecule has 1 aromatic heterocycles. The van der Waals surface area contributed by atoms with Crippen LogP contribution in [0, 0.1) is 0 Å². The predicted octanol–water partition coefficient (Wildman–Crippen LogP) is 1.20. The Balaban J connectivity index is 1.57. The highest BCUT2D eigenvalue weighted by Crippen LogP contribution is 2.30. The molecule has 2 heterocycles. The van der Waals surface area contributed by atoms with Gasteiger partial charge in [-0.3, -0.25) is 9.59 Å². The maximum Gasteiger partial charge on any atom is 0.229 e. The Bertz CT molecular complexity index is 714. The molecular weight excluding hydrogens is 308 g/mol. The summed E-state index contributed by atoms with van der Waals surface area (Å²) in [6, 6.07) is 7.21. The topological polar surface area (TPSA) is 76.5 Å². The fourth-order valence-electron chi connectivity index (χ4n) is 2.84. The molecule has 1 saturated heterocycles. The molecule has 7 nitrogen and oxygen atoms in total. The van der Waals surface area contributed by atoms with E-state index < -0.39 is 0 Å². The molecule has 1 N–H and O–H groups in total. The third-order valence-electron chi connectivity index (χ3n) is 4.02. The summed E-state index contributed by atoms with van der Waals surface area (Å²) in [6.45, 7) is 1.03. The second-order valence-corrected chi connectivity index (χ2v) is 5.70. The van der Waals surface area contributed by atoms with Crippen LogP contribution in [0.4, 0.5) is 5.69 Å². The lowest BCUT2D eigenvalue weighted by Gasteiger charge is -2.19.